The van der Waals surface area contributed by atoms with Crippen molar-refractivity contribution in [1.29, 1.82) is 0 Å². The maximum Gasteiger partial charge on any atom is 0.254 e. The van der Waals surface area contributed by atoms with Crippen molar-refractivity contribution in [2.75, 3.05) is 39.4 Å². The van der Waals surface area contributed by atoms with Crippen molar-refractivity contribution in [3.05, 3.63) is 101 Å². The molecule has 5 heteroatoms. The second-order valence-corrected chi connectivity index (χ2v) is 8.46. The van der Waals surface area contributed by atoms with Crippen LogP contribution in [0.4, 0.5) is 0 Å². The molecule has 0 atom stereocenters. The summed E-state index contributed by atoms with van der Waals surface area (Å²) in [7, 11) is 0. The number of ether oxygens (including phenoxy) is 2. The Morgan fingerprint density at radius 1 is 0.909 bits per heavy atom. The van der Waals surface area contributed by atoms with Gasteiger partial charge in [0.05, 0.1) is 13.2 Å². The van der Waals surface area contributed by atoms with Crippen molar-refractivity contribution in [1.82, 2.24) is 9.80 Å². The predicted octanol–water partition coefficient (Wildman–Crippen LogP) is 4.55. The predicted molar refractivity (Wildman–Crippen MR) is 130 cm³/mol. The fourth-order valence-electron chi connectivity index (χ4n) is 3.87. The summed E-state index contributed by atoms with van der Waals surface area (Å²) < 4.78 is 11.4. The SMILES string of the molecule is Cc1ccc(C(=O)N(CCN2CCOCC2)Cc2ccc(OCc3ccccc3)cc2)cc1. The van der Waals surface area contributed by atoms with Gasteiger partial charge >= 0.3 is 0 Å². The molecule has 0 unspecified atom stereocenters. The average Bonchev–Trinajstić information content (AvgIpc) is 2.87. The Morgan fingerprint density at radius 3 is 2.30 bits per heavy atom. The van der Waals surface area contributed by atoms with Crippen LogP contribution in [0, 0.1) is 6.92 Å². The third kappa shape index (κ3) is 6.91. The van der Waals surface area contributed by atoms with E-state index in [1.165, 1.54) is 0 Å². The van der Waals surface area contributed by atoms with Crippen LogP contribution in [0.3, 0.4) is 0 Å². The van der Waals surface area contributed by atoms with E-state index in [1.807, 2.05) is 78.6 Å². The zero-order valence-electron chi connectivity index (χ0n) is 19.3. The van der Waals surface area contributed by atoms with Gasteiger partial charge in [-0.2, -0.15) is 0 Å². The lowest BCUT2D eigenvalue weighted by atomic mass is 10.1. The molecular formula is C28H32N2O3. The number of hydrogen-bond acceptors (Lipinski definition) is 4. The molecule has 172 valence electrons. The van der Waals surface area contributed by atoms with Crippen molar-refractivity contribution in [2.45, 2.75) is 20.1 Å². The lowest BCUT2D eigenvalue weighted by Crippen LogP contribution is -2.42. The third-order valence-electron chi connectivity index (χ3n) is 5.92. The van der Waals surface area contributed by atoms with Crippen molar-refractivity contribution in [3.8, 4) is 5.75 Å². The van der Waals surface area contributed by atoms with Gasteiger partial charge in [0.1, 0.15) is 12.4 Å². The monoisotopic (exact) mass is 444 g/mol. The normalized spacial score (nSPS) is 14.1. The summed E-state index contributed by atoms with van der Waals surface area (Å²) >= 11 is 0. The van der Waals surface area contributed by atoms with E-state index >= 15 is 0 Å². The molecule has 3 aromatic rings. The molecule has 33 heavy (non-hydrogen) atoms. The third-order valence-corrected chi connectivity index (χ3v) is 5.92. The number of benzene rings is 3. The molecule has 0 bridgehead atoms. The van der Waals surface area contributed by atoms with Gasteiger partial charge in [0.25, 0.3) is 5.91 Å². The molecule has 0 spiro atoms. The minimum Gasteiger partial charge on any atom is -0.489 e. The van der Waals surface area contributed by atoms with Crippen LogP contribution in [0.25, 0.3) is 0 Å². The Morgan fingerprint density at radius 2 is 1.61 bits per heavy atom. The highest BCUT2D eigenvalue weighted by Crippen LogP contribution is 2.17. The highest BCUT2D eigenvalue weighted by atomic mass is 16.5. The molecule has 0 radical (unpaired) electrons. The number of aryl methyl sites for hydroxylation is 1. The van der Waals surface area contributed by atoms with Gasteiger partial charge in [-0.05, 0) is 42.3 Å². The Hall–Kier alpha value is -3.15. The van der Waals surface area contributed by atoms with Crippen LogP contribution in [-0.4, -0.2) is 55.1 Å². The number of rotatable bonds is 9. The van der Waals surface area contributed by atoms with Crippen LogP contribution < -0.4 is 4.74 Å². The number of amides is 1. The van der Waals surface area contributed by atoms with E-state index in [4.69, 9.17) is 9.47 Å². The highest BCUT2D eigenvalue weighted by molar-refractivity contribution is 5.94. The van der Waals surface area contributed by atoms with Gasteiger partial charge in [0.15, 0.2) is 0 Å². The van der Waals surface area contributed by atoms with E-state index in [0.717, 1.165) is 60.9 Å². The Balaban J connectivity index is 1.40. The quantitative estimate of drug-likeness (QED) is 0.486. The lowest BCUT2D eigenvalue weighted by Gasteiger charge is -2.30. The standard InChI is InChI=1S/C28H32N2O3/c1-23-7-11-26(12-8-23)28(31)30(16-15-29-17-19-32-20-18-29)21-24-9-13-27(14-10-24)33-22-25-5-3-2-4-6-25/h2-14H,15-22H2,1H3. The Labute approximate surface area is 196 Å². The molecule has 0 aromatic heterocycles. The van der Waals surface area contributed by atoms with Crippen molar-refractivity contribution in [3.63, 3.8) is 0 Å². The van der Waals surface area contributed by atoms with Gasteiger partial charge in [-0.25, -0.2) is 0 Å². The fraction of sp³-hybridized carbons (Fsp3) is 0.321. The highest BCUT2D eigenvalue weighted by Gasteiger charge is 2.18. The molecule has 4 rings (SSSR count). The van der Waals surface area contributed by atoms with E-state index in [1.54, 1.807) is 0 Å². The van der Waals surface area contributed by atoms with Crippen LogP contribution in [0.2, 0.25) is 0 Å². The lowest BCUT2D eigenvalue weighted by molar-refractivity contribution is 0.0320. The molecule has 1 aliphatic heterocycles. The first-order valence-electron chi connectivity index (χ1n) is 11.6. The molecule has 1 heterocycles. The summed E-state index contributed by atoms with van der Waals surface area (Å²) in [6.07, 6.45) is 0. The van der Waals surface area contributed by atoms with Gasteiger partial charge in [0.2, 0.25) is 0 Å². The minimum absolute atomic E-state index is 0.0627. The molecule has 1 amide bonds. The Bertz CT molecular complexity index is 998. The minimum atomic E-state index is 0.0627. The number of carbonyl (C=O) groups is 1. The van der Waals surface area contributed by atoms with Crippen molar-refractivity contribution >= 4 is 5.91 Å². The van der Waals surface area contributed by atoms with Gasteiger partial charge in [-0.15, -0.1) is 0 Å². The smallest absolute Gasteiger partial charge is 0.254 e. The number of carbonyl (C=O) groups excluding carboxylic acids is 1. The first-order chi connectivity index (χ1) is 16.2. The molecule has 0 N–H and O–H groups in total. The molecule has 3 aromatic carbocycles. The second kappa shape index (κ2) is 11.6. The number of hydrogen-bond donors (Lipinski definition) is 0. The molecule has 1 saturated heterocycles. The molecule has 5 nitrogen and oxygen atoms in total. The van der Waals surface area contributed by atoms with Crippen LogP contribution in [0.5, 0.6) is 5.75 Å². The summed E-state index contributed by atoms with van der Waals surface area (Å²) in [5.41, 5.74) is 4.10. The van der Waals surface area contributed by atoms with E-state index in [-0.39, 0.29) is 5.91 Å². The van der Waals surface area contributed by atoms with Crippen molar-refractivity contribution < 1.29 is 14.3 Å². The number of nitrogens with zero attached hydrogens (tertiary/aromatic N) is 2. The van der Waals surface area contributed by atoms with Crippen LogP contribution in [-0.2, 0) is 17.9 Å². The molecular weight excluding hydrogens is 412 g/mol. The van der Waals surface area contributed by atoms with Gasteiger partial charge in [0, 0.05) is 38.3 Å². The first-order valence-corrected chi connectivity index (χ1v) is 11.6. The Kier molecular flexibility index (Phi) is 8.12. The first kappa shape index (κ1) is 23.0. The maximum atomic E-state index is 13.3. The van der Waals surface area contributed by atoms with Crippen molar-refractivity contribution in [2.24, 2.45) is 0 Å². The van der Waals surface area contributed by atoms with Crippen LogP contribution in [0.15, 0.2) is 78.9 Å². The van der Waals surface area contributed by atoms with Crippen LogP contribution >= 0.6 is 0 Å². The molecule has 0 aliphatic carbocycles. The summed E-state index contributed by atoms with van der Waals surface area (Å²) in [6, 6.07) is 26.0. The van der Waals surface area contributed by atoms with E-state index in [9.17, 15) is 4.79 Å². The molecule has 1 fully saturated rings. The zero-order valence-corrected chi connectivity index (χ0v) is 19.3. The zero-order chi connectivity index (χ0) is 22.9. The van der Waals surface area contributed by atoms with Crippen LogP contribution in [0.1, 0.15) is 27.0 Å². The van der Waals surface area contributed by atoms with E-state index < -0.39 is 0 Å². The fourth-order valence-corrected chi connectivity index (χ4v) is 3.87. The molecule has 1 aliphatic rings. The van der Waals surface area contributed by atoms with E-state index in [0.29, 0.717) is 19.7 Å². The summed E-state index contributed by atoms with van der Waals surface area (Å²) in [6.45, 7) is 8.02. The number of morpholine rings is 1. The van der Waals surface area contributed by atoms with Gasteiger partial charge in [-0.3, -0.25) is 9.69 Å². The van der Waals surface area contributed by atoms with E-state index in [2.05, 4.69) is 17.0 Å². The average molecular weight is 445 g/mol. The maximum absolute atomic E-state index is 13.3. The summed E-state index contributed by atoms with van der Waals surface area (Å²) in [4.78, 5) is 17.6. The second-order valence-electron chi connectivity index (χ2n) is 8.46. The largest absolute Gasteiger partial charge is 0.489 e. The van der Waals surface area contributed by atoms with Gasteiger partial charge < -0.3 is 14.4 Å². The summed E-state index contributed by atoms with van der Waals surface area (Å²) in [5.74, 6) is 0.889. The van der Waals surface area contributed by atoms with Gasteiger partial charge in [-0.1, -0.05) is 60.2 Å². The topological polar surface area (TPSA) is 42.0 Å². The summed E-state index contributed by atoms with van der Waals surface area (Å²) in [5, 5.41) is 0. The molecule has 0 saturated carbocycles.